The van der Waals surface area contributed by atoms with Crippen molar-refractivity contribution in [2.24, 2.45) is 5.92 Å². The van der Waals surface area contributed by atoms with Gasteiger partial charge < -0.3 is 4.74 Å². The zero-order valence-corrected chi connectivity index (χ0v) is 17.0. The topological polar surface area (TPSA) is 47.4 Å². The zero-order valence-electron chi connectivity index (χ0n) is 16.1. The van der Waals surface area contributed by atoms with E-state index in [1.807, 2.05) is 42.7 Å². The standard InChI is InChI=1S/C20H29N3O2S/c1-14(2)11-22-9-10-25-16(12-22)13-26-20-21-18-8-6-5-7-17(18)19(24)23(20)15(3)4/h5-8,14-16H,9-13H2,1-4H3/t16-/m0/s1. The van der Waals surface area contributed by atoms with Gasteiger partial charge in [0.25, 0.3) is 5.56 Å². The number of nitrogens with zero attached hydrogens (tertiary/aromatic N) is 3. The SMILES string of the molecule is CC(C)CN1CCO[C@H](CSc2nc3ccccc3c(=O)n2C(C)C)C1. The van der Waals surface area contributed by atoms with Gasteiger partial charge in [-0.25, -0.2) is 4.98 Å². The quantitative estimate of drug-likeness (QED) is 0.572. The molecule has 1 fully saturated rings. The average molecular weight is 376 g/mol. The summed E-state index contributed by atoms with van der Waals surface area (Å²) in [4.78, 5) is 20.1. The molecule has 0 spiro atoms. The molecule has 2 aromatic rings. The van der Waals surface area contributed by atoms with Gasteiger partial charge in [-0.05, 0) is 31.9 Å². The molecule has 1 atom stereocenters. The van der Waals surface area contributed by atoms with Crippen molar-refractivity contribution in [2.75, 3.05) is 32.0 Å². The van der Waals surface area contributed by atoms with Crippen molar-refractivity contribution >= 4 is 22.7 Å². The van der Waals surface area contributed by atoms with Gasteiger partial charge in [0.05, 0.1) is 23.6 Å². The summed E-state index contributed by atoms with van der Waals surface area (Å²) in [5.74, 6) is 1.47. The van der Waals surface area contributed by atoms with E-state index >= 15 is 0 Å². The molecule has 0 unspecified atom stereocenters. The first kappa shape index (κ1) is 19.4. The van der Waals surface area contributed by atoms with E-state index in [0.29, 0.717) is 11.3 Å². The monoisotopic (exact) mass is 375 g/mol. The van der Waals surface area contributed by atoms with Crippen LogP contribution in [0.25, 0.3) is 10.9 Å². The van der Waals surface area contributed by atoms with E-state index in [4.69, 9.17) is 9.72 Å². The third-order valence-electron chi connectivity index (χ3n) is 4.54. The second kappa shape index (κ2) is 8.55. The number of benzene rings is 1. The number of aromatic nitrogens is 2. The number of hydrogen-bond acceptors (Lipinski definition) is 5. The maximum atomic E-state index is 12.9. The smallest absolute Gasteiger partial charge is 0.262 e. The minimum Gasteiger partial charge on any atom is -0.375 e. The van der Waals surface area contributed by atoms with E-state index in [2.05, 4.69) is 18.7 Å². The van der Waals surface area contributed by atoms with Crippen LogP contribution in [0.3, 0.4) is 0 Å². The van der Waals surface area contributed by atoms with Crippen LogP contribution in [0.15, 0.2) is 34.2 Å². The van der Waals surface area contributed by atoms with Crippen molar-refractivity contribution in [3.63, 3.8) is 0 Å². The highest BCUT2D eigenvalue weighted by Gasteiger charge is 2.22. The number of rotatable bonds is 6. The van der Waals surface area contributed by atoms with E-state index in [9.17, 15) is 4.79 Å². The second-order valence-corrected chi connectivity index (χ2v) is 8.62. The van der Waals surface area contributed by atoms with Crippen LogP contribution in [0.4, 0.5) is 0 Å². The average Bonchev–Trinajstić information content (AvgIpc) is 2.59. The first-order chi connectivity index (χ1) is 12.5. The van der Waals surface area contributed by atoms with E-state index in [1.54, 1.807) is 11.8 Å². The Bertz CT molecular complexity index is 803. The summed E-state index contributed by atoms with van der Waals surface area (Å²) in [5.41, 5.74) is 0.807. The molecule has 0 bridgehead atoms. The molecule has 2 heterocycles. The van der Waals surface area contributed by atoms with Crippen molar-refractivity contribution < 1.29 is 4.74 Å². The van der Waals surface area contributed by atoms with Gasteiger partial charge in [0.2, 0.25) is 0 Å². The van der Waals surface area contributed by atoms with Gasteiger partial charge in [-0.3, -0.25) is 14.3 Å². The van der Waals surface area contributed by atoms with Crippen molar-refractivity contribution in [2.45, 2.75) is 45.0 Å². The number of para-hydroxylation sites is 1. The van der Waals surface area contributed by atoms with E-state index in [-0.39, 0.29) is 17.7 Å². The van der Waals surface area contributed by atoms with Crippen LogP contribution in [0.1, 0.15) is 33.7 Å². The summed E-state index contributed by atoms with van der Waals surface area (Å²) in [7, 11) is 0. The Hall–Kier alpha value is -1.37. The summed E-state index contributed by atoms with van der Waals surface area (Å²) in [6.45, 7) is 12.4. The summed E-state index contributed by atoms with van der Waals surface area (Å²) < 4.78 is 7.76. The molecule has 5 nitrogen and oxygen atoms in total. The van der Waals surface area contributed by atoms with Crippen LogP contribution >= 0.6 is 11.8 Å². The number of ether oxygens (including phenoxy) is 1. The number of hydrogen-bond donors (Lipinski definition) is 0. The van der Waals surface area contributed by atoms with Gasteiger partial charge in [-0.15, -0.1) is 0 Å². The Morgan fingerprint density at radius 1 is 1.27 bits per heavy atom. The summed E-state index contributed by atoms with van der Waals surface area (Å²) in [6, 6.07) is 7.66. The second-order valence-electron chi connectivity index (χ2n) is 7.64. The minimum atomic E-state index is 0.0408. The summed E-state index contributed by atoms with van der Waals surface area (Å²) in [6.07, 6.45) is 0.177. The fraction of sp³-hybridized carbons (Fsp3) is 0.600. The van der Waals surface area contributed by atoms with Gasteiger partial charge >= 0.3 is 0 Å². The highest BCUT2D eigenvalue weighted by atomic mass is 32.2. The predicted molar refractivity (Wildman–Crippen MR) is 108 cm³/mol. The van der Waals surface area contributed by atoms with Crippen LogP contribution in [-0.4, -0.2) is 52.5 Å². The first-order valence-corrected chi connectivity index (χ1v) is 10.4. The molecule has 0 N–H and O–H groups in total. The van der Waals surface area contributed by atoms with Gasteiger partial charge in [-0.2, -0.15) is 0 Å². The van der Waals surface area contributed by atoms with Crippen LogP contribution in [0, 0.1) is 5.92 Å². The van der Waals surface area contributed by atoms with Crippen molar-refractivity contribution in [1.82, 2.24) is 14.5 Å². The van der Waals surface area contributed by atoms with Crippen molar-refractivity contribution in [1.29, 1.82) is 0 Å². The van der Waals surface area contributed by atoms with E-state index in [1.165, 1.54) is 0 Å². The lowest BCUT2D eigenvalue weighted by atomic mass is 10.2. The van der Waals surface area contributed by atoms with E-state index in [0.717, 1.165) is 42.7 Å². The Labute approximate surface area is 159 Å². The number of morpholine rings is 1. The lowest BCUT2D eigenvalue weighted by Gasteiger charge is -2.33. The van der Waals surface area contributed by atoms with Crippen LogP contribution in [0.5, 0.6) is 0 Å². The molecule has 1 aliphatic rings. The lowest BCUT2D eigenvalue weighted by molar-refractivity contribution is -0.0191. The summed E-state index contributed by atoms with van der Waals surface area (Å²) in [5, 5.41) is 1.47. The molecule has 1 aliphatic heterocycles. The Morgan fingerprint density at radius 3 is 2.77 bits per heavy atom. The predicted octanol–water partition coefficient (Wildman–Crippen LogP) is 3.43. The largest absolute Gasteiger partial charge is 0.375 e. The van der Waals surface area contributed by atoms with Crippen LogP contribution in [-0.2, 0) is 4.74 Å². The molecule has 1 aromatic carbocycles. The Morgan fingerprint density at radius 2 is 2.04 bits per heavy atom. The molecule has 0 radical (unpaired) electrons. The highest BCUT2D eigenvalue weighted by molar-refractivity contribution is 7.99. The molecule has 142 valence electrons. The first-order valence-electron chi connectivity index (χ1n) is 9.43. The van der Waals surface area contributed by atoms with Crippen molar-refractivity contribution in [3.05, 3.63) is 34.6 Å². The summed E-state index contributed by atoms with van der Waals surface area (Å²) >= 11 is 1.63. The van der Waals surface area contributed by atoms with Gasteiger partial charge in [0, 0.05) is 31.4 Å². The number of fused-ring (bicyclic) bond motifs is 1. The molecule has 3 rings (SSSR count). The molecule has 0 aliphatic carbocycles. The minimum absolute atomic E-state index is 0.0408. The molecule has 1 aromatic heterocycles. The van der Waals surface area contributed by atoms with E-state index < -0.39 is 0 Å². The fourth-order valence-electron chi connectivity index (χ4n) is 3.41. The van der Waals surface area contributed by atoms with Gasteiger partial charge in [-0.1, -0.05) is 37.7 Å². The molecule has 0 saturated carbocycles. The molecule has 26 heavy (non-hydrogen) atoms. The molecule has 1 saturated heterocycles. The lowest BCUT2D eigenvalue weighted by Crippen LogP contribution is -2.44. The van der Waals surface area contributed by atoms with Crippen LogP contribution < -0.4 is 5.56 Å². The van der Waals surface area contributed by atoms with Crippen LogP contribution in [0.2, 0.25) is 0 Å². The zero-order chi connectivity index (χ0) is 18.7. The maximum Gasteiger partial charge on any atom is 0.262 e. The molecular weight excluding hydrogens is 346 g/mol. The molecule has 6 heteroatoms. The highest BCUT2D eigenvalue weighted by Crippen LogP contribution is 2.23. The van der Waals surface area contributed by atoms with Crippen molar-refractivity contribution in [3.8, 4) is 0 Å². The Balaban J connectivity index is 1.78. The normalized spacial score (nSPS) is 18.9. The molecular formula is C20H29N3O2S. The third-order valence-corrected chi connectivity index (χ3v) is 5.62. The fourth-order valence-corrected chi connectivity index (χ4v) is 4.55. The number of thioether (sulfide) groups is 1. The third kappa shape index (κ3) is 4.48. The van der Waals surface area contributed by atoms with Gasteiger partial charge in [0.15, 0.2) is 5.16 Å². The Kier molecular flexibility index (Phi) is 6.37. The maximum absolute atomic E-state index is 12.9. The molecule has 0 amide bonds. The van der Waals surface area contributed by atoms with Gasteiger partial charge in [0.1, 0.15) is 0 Å².